The fourth-order valence-corrected chi connectivity index (χ4v) is 2.66. The maximum Gasteiger partial charge on any atom is 0.290 e. The molecule has 1 amide bonds. The van der Waals surface area contributed by atoms with Gasteiger partial charge in [0.25, 0.3) is 5.91 Å². The Bertz CT molecular complexity index is 609. The van der Waals surface area contributed by atoms with Crippen LogP contribution in [0.3, 0.4) is 0 Å². The van der Waals surface area contributed by atoms with Crippen molar-refractivity contribution in [3.05, 3.63) is 53.4 Å². The Hall–Kier alpha value is -2.14. The Morgan fingerprint density at radius 3 is 2.95 bits per heavy atom. The van der Waals surface area contributed by atoms with Crippen LogP contribution in [0.5, 0.6) is 0 Å². The molecule has 1 saturated heterocycles. The van der Waals surface area contributed by atoms with Gasteiger partial charge in [0, 0.05) is 31.7 Å². The molecule has 1 fully saturated rings. The molecule has 1 aliphatic heterocycles. The third-order valence-corrected chi connectivity index (χ3v) is 3.71. The summed E-state index contributed by atoms with van der Waals surface area (Å²) in [5, 5.41) is 6.75. The minimum absolute atomic E-state index is 0.173. The van der Waals surface area contributed by atoms with E-state index in [0.717, 1.165) is 31.7 Å². The first-order chi connectivity index (χ1) is 10.2. The van der Waals surface area contributed by atoms with Crippen LogP contribution in [-0.4, -0.2) is 35.1 Å². The van der Waals surface area contributed by atoms with Gasteiger partial charge in [0.2, 0.25) is 5.76 Å². The van der Waals surface area contributed by atoms with Crippen molar-refractivity contribution in [1.82, 2.24) is 15.4 Å². The molecule has 1 aromatic carbocycles. The monoisotopic (exact) mass is 285 g/mol. The number of benzene rings is 1. The Morgan fingerprint density at radius 2 is 2.24 bits per heavy atom. The summed E-state index contributed by atoms with van der Waals surface area (Å²) in [6, 6.07) is 12.2. The van der Waals surface area contributed by atoms with E-state index in [-0.39, 0.29) is 17.7 Å². The van der Waals surface area contributed by atoms with E-state index < -0.39 is 0 Å². The molecule has 2 aromatic rings. The van der Waals surface area contributed by atoms with E-state index in [1.165, 1.54) is 5.56 Å². The number of hydrogen-bond donors (Lipinski definition) is 1. The molecule has 0 aliphatic carbocycles. The summed E-state index contributed by atoms with van der Waals surface area (Å²) in [5.41, 5.74) is 2.02. The van der Waals surface area contributed by atoms with Crippen LogP contribution in [0.15, 0.2) is 40.9 Å². The van der Waals surface area contributed by atoms with Crippen molar-refractivity contribution in [2.45, 2.75) is 25.9 Å². The number of likely N-dealkylation sites (tertiary alicyclic amines) is 1. The lowest BCUT2D eigenvalue weighted by molar-refractivity contribution is 0.0900. The molecule has 1 N–H and O–H groups in total. The normalized spacial score (nSPS) is 18.8. The third-order valence-electron chi connectivity index (χ3n) is 3.71. The van der Waals surface area contributed by atoms with Crippen molar-refractivity contribution in [2.75, 3.05) is 13.1 Å². The average molecular weight is 285 g/mol. The van der Waals surface area contributed by atoms with Crippen molar-refractivity contribution in [1.29, 1.82) is 0 Å². The van der Waals surface area contributed by atoms with Crippen LogP contribution in [0, 0.1) is 6.92 Å². The summed E-state index contributed by atoms with van der Waals surface area (Å²) in [6.07, 6.45) is 0.964. The zero-order valence-electron chi connectivity index (χ0n) is 12.1. The van der Waals surface area contributed by atoms with Gasteiger partial charge in [-0.15, -0.1) is 0 Å². The molecular formula is C16H19N3O2. The smallest absolute Gasteiger partial charge is 0.290 e. The lowest BCUT2D eigenvalue weighted by atomic mass is 10.2. The first-order valence-corrected chi connectivity index (χ1v) is 7.21. The second kappa shape index (κ2) is 6.10. The maximum atomic E-state index is 12.0. The van der Waals surface area contributed by atoms with Crippen LogP contribution in [0.4, 0.5) is 0 Å². The molecule has 110 valence electrons. The lowest BCUT2D eigenvalue weighted by Crippen LogP contribution is -2.36. The van der Waals surface area contributed by atoms with Crippen molar-refractivity contribution in [3.63, 3.8) is 0 Å². The lowest BCUT2D eigenvalue weighted by Gasteiger charge is -2.16. The second-order valence-electron chi connectivity index (χ2n) is 5.51. The highest BCUT2D eigenvalue weighted by Crippen LogP contribution is 2.14. The molecule has 5 heteroatoms. The quantitative estimate of drug-likeness (QED) is 0.933. The van der Waals surface area contributed by atoms with Crippen LogP contribution in [-0.2, 0) is 6.54 Å². The highest BCUT2D eigenvalue weighted by atomic mass is 16.5. The van der Waals surface area contributed by atoms with Crippen LogP contribution < -0.4 is 5.32 Å². The standard InChI is InChI=1S/C16H19N3O2/c1-12-9-15(21-18-12)16(20)17-14-7-8-19(11-14)10-13-5-3-2-4-6-13/h2-6,9,14H,7-8,10-11H2,1H3,(H,17,20)/t14-/m1/s1. The number of nitrogens with one attached hydrogen (secondary N) is 1. The number of nitrogens with zero attached hydrogens (tertiary/aromatic N) is 2. The van der Waals surface area contributed by atoms with Gasteiger partial charge < -0.3 is 9.84 Å². The van der Waals surface area contributed by atoms with E-state index in [4.69, 9.17) is 4.52 Å². The summed E-state index contributed by atoms with van der Waals surface area (Å²) in [6.45, 7) is 4.59. The highest BCUT2D eigenvalue weighted by Gasteiger charge is 2.25. The van der Waals surface area contributed by atoms with Crippen molar-refractivity contribution < 1.29 is 9.32 Å². The van der Waals surface area contributed by atoms with Crippen molar-refractivity contribution in [3.8, 4) is 0 Å². The fourth-order valence-electron chi connectivity index (χ4n) is 2.66. The number of carbonyl (C=O) groups excluding carboxylic acids is 1. The first-order valence-electron chi connectivity index (χ1n) is 7.21. The summed E-state index contributed by atoms with van der Waals surface area (Å²) in [5.74, 6) is 0.108. The summed E-state index contributed by atoms with van der Waals surface area (Å²) in [4.78, 5) is 14.4. The fraction of sp³-hybridized carbons (Fsp3) is 0.375. The van der Waals surface area contributed by atoms with Gasteiger partial charge in [-0.25, -0.2) is 0 Å². The average Bonchev–Trinajstić information content (AvgIpc) is 3.09. The Balaban J connectivity index is 1.52. The number of carbonyl (C=O) groups is 1. The molecule has 0 unspecified atom stereocenters. The van der Waals surface area contributed by atoms with E-state index in [1.54, 1.807) is 13.0 Å². The molecule has 1 aromatic heterocycles. The number of rotatable bonds is 4. The van der Waals surface area contributed by atoms with Gasteiger partial charge in [-0.05, 0) is 18.9 Å². The molecule has 0 saturated carbocycles. The van der Waals surface area contributed by atoms with E-state index in [2.05, 4.69) is 39.6 Å². The predicted octanol–water partition coefficient (Wildman–Crippen LogP) is 1.99. The van der Waals surface area contributed by atoms with Crippen LogP contribution in [0.1, 0.15) is 28.2 Å². The predicted molar refractivity (Wildman–Crippen MR) is 78.8 cm³/mol. The number of hydrogen-bond acceptors (Lipinski definition) is 4. The largest absolute Gasteiger partial charge is 0.351 e. The minimum Gasteiger partial charge on any atom is -0.351 e. The van der Waals surface area contributed by atoms with Crippen LogP contribution in [0.25, 0.3) is 0 Å². The highest BCUT2D eigenvalue weighted by molar-refractivity contribution is 5.91. The molecular weight excluding hydrogens is 266 g/mol. The van der Waals surface area contributed by atoms with Gasteiger partial charge in [0.1, 0.15) is 0 Å². The van der Waals surface area contributed by atoms with Crippen molar-refractivity contribution >= 4 is 5.91 Å². The Morgan fingerprint density at radius 1 is 1.43 bits per heavy atom. The Labute approximate surface area is 123 Å². The summed E-state index contributed by atoms with van der Waals surface area (Å²) < 4.78 is 4.98. The molecule has 0 bridgehead atoms. The van der Waals surface area contributed by atoms with E-state index >= 15 is 0 Å². The van der Waals surface area contributed by atoms with Crippen LogP contribution in [0.2, 0.25) is 0 Å². The molecule has 5 nitrogen and oxygen atoms in total. The molecule has 0 radical (unpaired) electrons. The van der Waals surface area contributed by atoms with Gasteiger partial charge in [-0.2, -0.15) is 0 Å². The van der Waals surface area contributed by atoms with Gasteiger partial charge in [0.05, 0.1) is 5.69 Å². The summed E-state index contributed by atoms with van der Waals surface area (Å²) >= 11 is 0. The van der Waals surface area contributed by atoms with Gasteiger partial charge in [0.15, 0.2) is 0 Å². The van der Waals surface area contributed by atoms with Crippen molar-refractivity contribution in [2.24, 2.45) is 0 Å². The molecule has 2 heterocycles. The minimum atomic E-state index is -0.179. The third kappa shape index (κ3) is 3.49. The first kappa shape index (κ1) is 13.8. The Kier molecular flexibility index (Phi) is 4.01. The second-order valence-corrected chi connectivity index (χ2v) is 5.51. The van der Waals surface area contributed by atoms with E-state index in [9.17, 15) is 4.79 Å². The number of aryl methyl sites for hydroxylation is 1. The molecule has 21 heavy (non-hydrogen) atoms. The zero-order valence-corrected chi connectivity index (χ0v) is 12.1. The number of aromatic nitrogens is 1. The maximum absolute atomic E-state index is 12.0. The molecule has 0 spiro atoms. The SMILES string of the molecule is Cc1cc(C(=O)N[C@@H]2CCN(Cc3ccccc3)C2)on1. The van der Waals surface area contributed by atoms with Gasteiger partial charge in [-0.1, -0.05) is 35.5 Å². The topological polar surface area (TPSA) is 58.4 Å². The number of amides is 1. The zero-order chi connectivity index (χ0) is 14.7. The molecule has 3 rings (SSSR count). The molecule has 1 aliphatic rings. The van der Waals surface area contributed by atoms with E-state index in [1.807, 2.05) is 6.07 Å². The van der Waals surface area contributed by atoms with Crippen LogP contribution >= 0.6 is 0 Å². The van der Waals surface area contributed by atoms with Gasteiger partial charge in [-0.3, -0.25) is 9.69 Å². The van der Waals surface area contributed by atoms with Gasteiger partial charge >= 0.3 is 0 Å². The molecule has 1 atom stereocenters. The summed E-state index contributed by atoms with van der Waals surface area (Å²) in [7, 11) is 0. The van der Waals surface area contributed by atoms with E-state index in [0.29, 0.717) is 0 Å².